The Morgan fingerprint density at radius 2 is 1.79 bits per heavy atom. The molecule has 0 aliphatic heterocycles. The maximum Gasteiger partial charge on any atom is 0.309 e. The van der Waals surface area contributed by atoms with Gasteiger partial charge in [0.15, 0.2) is 0 Å². The number of nitrogens with zero attached hydrogens (tertiary/aromatic N) is 2. The number of carbonyl (C=O) groups is 2. The highest BCUT2D eigenvalue weighted by atomic mass is 16.2. The Balaban J connectivity index is 1.91. The van der Waals surface area contributed by atoms with Crippen molar-refractivity contribution in [3.8, 4) is 0 Å². The van der Waals surface area contributed by atoms with E-state index in [0.717, 1.165) is 13.0 Å². The minimum Gasteiger partial charge on any atom is -0.348 e. The molecule has 8 heteroatoms. The van der Waals surface area contributed by atoms with Crippen LogP contribution in [-0.4, -0.2) is 54.1 Å². The normalized spacial score (nSPS) is 10.8. The first-order valence-electron chi connectivity index (χ1n) is 7.66. The van der Waals surface area contributed by atoms with E-state index in [4.69, 9.17) is 0 Å². The number of aromatic amines is 1. The Kier molecular flexibility index (Phi) is 6.02. The number of hydrogen-bond donors (Lipinski definition) is 3. The summed E-state index contributed by atoms with van der Waals surface area (Å²) in [5, 5.41) is 12.5. The molecule has 128 valence electrons. The second-order valence-corrected chi connectivity index (χ2v) is 5.64. The Morgan fingerprint density at radius 3 is 2.50 bits per heavy atom. The van der Waals surface area contributed by atoms with E-state index < -0.39 is 11.8 Å². The van der Waals surface area contributed by atoms with Crippen molar-refractivity contribution < 1.29 is 9.59 Å². The molecule has 0 radical (unpaired) electrons. The second kappa shape index (κ2) is 8.21. The lowest BCUT2D eigenvalue weighted by Crippen LogP contribution is -2.40. The summed E-state index contributed by atoms with van der Waals surface area (Å²) in [5.74, 6) is -1.40. The average Bonchev–Trinajstić information content (AvgIpc) is 2.57. The number of H-pyrrole nitrogens is 1. The van der Waals surface area contributed by atoms with Gasteiger partial charge >= 0.3 is 11.8 Å². The first-order chi connectivity index (χ1) is 11.5. The average molecular weight is 331 g/mol. The van der Waals surface area contributed by atoms with Gasteiger partial charge in [-0.2, -0.15) is 5.10 Å². The van der Waals surface area contributed by atoms with Crippen LogP contribution in [-0.2, 0) is 16.1 Å². The van der Waals surface area contributed by atoms with Crippen LogP contribution >= 0.6 is 0 Å². The third-order valence-electron chi connectivity index (χ3n) is 3.47. The number of carbonyl (C=O) groups excluding carboxylic acids is 2. The predicted molar refractivity (Wildman–Crippen MR) is 90.4 cm³/mol. The fourth-order valence-corrected chi connectivity index (χ4v) is 2.23. The molecule has 24 heavy (non-hydrogen) atoms. The van der Waals surface area contributed by atoms with Gasteiger partial charge in [0.25, 0.3) is 5.56 Å². The van der Waals surface area contributed by atoms with Gasteiger partial charge in [-0.3, -0.25) is 14.4 Å². The van der Waals surface area contributed by atoms with Gasteiger partial charge in [0, 0.05) is 11.9 Å². The summed E-state index contributed by atoms with van der Waals surface area (Å²) in [5.41, 5.74) is 0.207. The van der Waals surface area contributed by atoms with Crippen molar-refractivity contribution in [3.05, 3.63) is 40.3 Å². The van der Waals surface area contributed by atoms with Gasteiger partial charge in [-0.1, -0.05) is 18.2 Å². The Labute approximate surface area is 139 Å². The van der Waals surface area contributed by atoms with Crippen molar-refractivity contribution in [2.75, 3.05) is 27.2 Å². The van der Waals surface area contributed by atoms with E-state index in [1.165, 1.54) is 0 Å². The van der Waals surface area contributed by atoms with E-state index in [2.05, 4.69) is 20.8 Å². The van der Waals surface area contributed by atoms with Gasteiger partial charge in [-0.15, -0.1) is 0 Å². The molecule has 0 fully saturated rings. The zero-order valence-electron chi connectivity index (χ0n) is 13.8. The van der Waals surface area contributed by atoms with E-state index in [0.29, 0.717) is 23.0 Å². The number of fused-ring (bicyclic) bond motifs is 1. The van der Waals surface area contributed by atoms with Crippen LogP contribution in [0.3, 0.4) is 0 Å². The molecular weight excluding hydrogens is 310 g/mol. The lowest BCUT2D eigenvalue weighted by molar-refractivity contribution is -0.139. The highest BCUT2D eigenvalue weighted by Gasteiger charge is 2.14. The number of benzene rings is 1. The smallest absolute Gasteiger partial charge is 0.309 e. The van der Waals surface area contributed by atoms with E-state index in [1.807, 2.05) is 19.0 Å². The molecule has 0 saturated heterocycles. The molecule has 2 rings (SSSR count). The molecule has 1 aromatic carbocycles. The van der Waals surface area contributed by atoms with E-state index in [9.17, 15) is 14.4 Å². The van der Waals surface area contributed by atoms with Gasteiger partial charge in [0.1, 0.15) is 0 Å². The Hall–Kier alpha value is -2.74. The summed E-state index contributed by atoms with van der Waals surface area (Å²) in [7, 11) is 3.88. The van der Waals surface area contributed by atoms with Crippen molar-refractivity contribution in [2.24, 2.45) is 0 Å². The minimum atomic E-state index is -0.725. The zero-order valence-corrected chi connectivity index (χ0v) is 13.8. The zero-order chi connectivity index (χ0) is 17.5. The highest BCUT2D eigenvalue weighted by molar-refractivity contribution is 6.35. The van der Waals surface area contributed by atoms with Crippen molar-refractivity contribution >= 4 is 22.6 Å². The molecule has 0 spiro atoms. The van der Waals surface area contributed by atoms with Gasteiger partial charge in [0.05, 0.1) is 17.6 Å². The second-order valence-electron chi connectivity index (χ2n) is 5.64. The lowest BCUT2D eigenvalue weighted by Gasteiger charge is -2.10. The number of nitrogens with one attached hydrogen (secondary N) is 3. The molecule has 0 unspecified atom stereocenters. The molecule has 0 aliphatic carbocycles. The topological polar surface area (TPSA) is 107 Å². The molecule has 0 saturated carbocycles. The molecule has 2 amide bonds. The quantitative estimate of drug-likeness (QED) is 0.493. The van der Waals surface area contributed by atoms with Crippen LogP contribution in [0.15, 0.2) is 29.1 Å². The maximum absolute atomic E-state index is 11.8. The van der Waals surface area contributed by atoms with Crippen LogP contribution in [0.4, 0.5) is 0 Å². The van der Waals surface area contributed by atoms with Crippen molar-refractivity contribution in [2.45, 2.75) is 13.0 Å². The monoisotopic (exact) mass is 331 g/mol. The molecule has 3 N–H and O–H groups in total. The van der Waals surface area contributed by atoms with E-state index in [-0.39, 0.29) is 12.1 Å². The van der Waals surface area contributed by atoms with Crippen LogP contribution in [0, 0.1) is 0 Å². The Morgan fingerprint density at radius 1 is 1.12 bits per heavy atom. The van der Waals surface area contributed by atoms with Crippen LogP contribution in [0.1, 0.15) is 12.1 Å². The summed E-state index contributed by atoms with van der Waals surface area (Å²) in [6.07, 6.45) is 0.762. The molecule has 0 aliphatic rings. The van der Waals surface area contributed by atoms with Gasteiger partial charge in [0.2, 0.25) is 0 Å². The van der Waals surface area contributed by atoms with E-state index in [1.54, 1.807) is 24.3 Å². The SMILES string of the molecule is CN(C)CCCNC(=O)C(=O)NCc1n[nH]c(=O)c2ccccc12. The summed E-state index contributed by atoms with van der Waals surface area (Å²) in [6.45, 7) is 1.32. The Bertz CT molecular complexity index is 785. The number of aromatic nitrogens is 2. The third kappa shape index (κ3) is 4.63. The summed E-state index contributed by atoms with van der Waals surface area (Å²) in [6, 6.07) is 6.96. The van der Waals surface area contributed by atoms with Crippen LogP contribution in [0.2, 0.25) is 0 Å². The van der Waals surface area contributed by atoms with E-state index >= 15 is 0 Å². The number of amides is 2. The molecule has 8 nitrogen and oxygen atoms in total. The molecule has 1 heterocycles. The lowest BCUT2D eigenvalue weighted by atomic mass is 10.1. The molecule has 0 bridgehead atoms. The van der Waals surface area contributed by atoms with Gasteiger partial charge in [-0.05, 0) is 33.1 Å². The molecule has 0 atom stereocenters. The fraction of sp³-hybridized carbons (Fsp3) is 0.375. The van der Waals surface area contributed by atoms with Crippen LogP contribution in [0.25, 0.3) is 10.8 Å². The summed E-state index contributed by atoms with van der Waals surface area (Å²) >= 11 is 0. The van der Waals surface area contributed by atoms with Gasteiger partial charge in [-0.25, -0.2) is 5.10 Å². The maximum atomic E-state index is 11.8. The van der Waals surface area contributed by atoms with Gasteiger partial charge < -0.3 is 15.5 Å². The largest absolute Gasteiger partial charge is 0.348 e. The standard InChI is InChI=1S/C16H21N5O3/c1-21(2)9-5-8-17-15(23)16(24)18-10-13-11-6-3-4-7-12(11)14(22)20-19-13/h3-4,6-7H,5,8-10H2,1-2H3,(H,17,23)(H,18,24)(H,20,22). The first kappa shape index (κ1) is 17.6. The van der Waals surface area contributed by atoms with Crippen molar-refractivity contribution in [1.82, 2.24) is 25.7 Å². The van der Waals surface area contributed by atoms with Crippen molar-refractivity contribution in [1.29, 1.82) is 0 Å². The predicted octanol–water partition coefficient (Wildman–Crippen LogP) is -0.393. The molecule has 1 aromatic heterocycles. The van der Waals surface area contributed by atoms with Crippen LogP contribution < -0.4 is 16.2 Å². The first-order valence-corrected chi connectivity index (χ1v) is 7.66. The summed E-state index contributed by atoms with van der Waals surface area (Å²) < 4.78 is 0. The number of rotatable bonds is 6. The number of hydrogen-bond acceptors (Lipinski definition) is 5. The molecule has 2 aromatic rings. The summed E-state index contributed by atoms with van der Waals surface area (Å²) in [4.78, 5) is 37.2. The minimum absolute atomic E-state index is 0.0568. The molecular formula is C16H21N5O3. The third-order valence-corrected chi connectivity index (χ3v) is 3.47. The van der Waals surface area contributed by atoms with Crippen LogP contribution in [0.5, 0.6) is 0 Å². The van der Waals surface area contributed by atoms with Crippen molar-refractivity contribution in [3.63, 3.8) is 0 Å². The fourth-order valence-electron chi connectivity index (χ4n) is 2.23. The highest BCUT2D eigenvalue weighted by Crippen LogP contribution is 2.11.